The number of carbonyl (C=O) groups is 2. The number of nitrogens with one attached hydrogen (secondary N) is 1. The van der Waals surface area contributed by atoms with E-state index in [1.165, 1.54) is 11.9 Å². The molecule has 1 fully saturated rings. The van der Waals surface area contributed by atoms with Gasteiger partial charge in [0.15, 0.2) is 0 Å². The van der Waals surface area contributed by atoms with Gasteiger partial charge in [0.05, 0.1) is 17.0 Å². The summed E-state index contributed by atoms with van der Waals surface area (Å²) in [6, 6.07) is 0.176. The Kier molecular flexibility index (Phi) is 6.17. The largest absolute Gasteiger partial charge is 0.481 e. The van der Waals surface area contributed by atoms with Crippen LogP contribution in [0.2, 0.25) is 5.02 Å². The Morgan fingerprint density at radius 3 is 2.77 bits per heavy atom. The third-order valence-electron chi connectivity index (χ3n) is 3.97. The number of alkyl halides is 3. The molecular formula is C15H18ClF3N4O3. The summed E-state index contributed by atoms with van der Waals surface area (Å²) in [7, 11) is 1.49. The van der Waals surface area contributed by atoms with Crippen molar-refractivity contribution in [1.29, 1.82) is 0 Å². The van der Waals surface area contributed by atoms with Crippen LogP contribution in [0.15, 0.2) is 12.3 Å². The Labute approximate surface area is 152 Å². The highest BCUT2D eigenvalue weighted by molar-refractivity contribution is 6.33. The van der Waals surface area contributed by atoms with Gasteiger partial charge in [-0.3, -0.25) is 4.79 Å². The molecule has 1 aromatic heterocycles. The van der Waals surface area contributed by atoms with Gasteiger partial charge >= 0.3 is 18.2 Å². The standard InChI is InChI=1S/C15H18ClF3N4O3/c1-22(4-3-12(24)25)14(26)21-10-2-5-23(8-10)13-11(16)6-9(7-20-13)15(17,18)19/h6-7,10H,2-5,8H2,1H3,(H,21,26)(H,24,25). The zero-order valence-electron chi connectivity index (χ0n) is 13.9. The third kappa shape index (κ3) is 5.13. The molecule has 2 amide bonds. The third-order valence-corrected chi connectivity index (χ3v) is 4.25. The first-order valence-corrected chi connectivity index (χ1v) is 8.17. The maximum Gasteiger partial charge on any atom is 0.417 e. The number of nitrogens with zero attached hydrogens (tertiary/aromatic N) is 3. The summed E-state index contributed by atoms with van der Waals surface area (Å²) in [5.74, 6) is -0.768. The van der Waals surface area contributed by atoms with E-state index in [9.17, 15) is 22.8 Å². The number of carbonyl (C=O) groups excluding carboxylic acids is 1. The lowest BCUT2D eigenvalue weighted by molar-refractivity contribution is -0.138. The lowest BCUT2D eigenvalue weighted by atomic mass is 10.2. The van der Waals surface area contributed by atoms with Crippen LogP contribution in [-0.4, -0.2) is 59.7 Å². The first-order valence-electron chi connectivity index (χ1n) is 7.79. The monoisotopic (exact) mass is 394 g/mol. The minimum Gasteiger partial charge on any atom is -0.481 e. The number of urea groups is 1. The molecule has 2 heterocycles. The van der Waals surface area contributed by atoms with Crippen LogP contribution in [0.3, 0.4) is 0 Å². The second kappa shape index (κ2) is 7.98. The van der Waals surface area contributed by atoms with Gasteiger partial charge in [0.1, 0.15) is 5.82 Å². The van der Waals surface area contributed by atoms with Gasteiger partial charge < -0.3 is 20.2 Å². The second-order valence-corrected chi connectivity index (χ2v) is 6.38. The van der Waals surface area contributed by atoms with E-state index in [2.05, 4.69) is 10.3 Å². The number of carboxylic acid groups (broad SMARTS) is 1. The predicted octanol–water partition coefficient (Wildman–Crippen LogP) is 2.45. The maximum absolute atomic E-state index is 12.7. The normalized spacial score (nSPS) is 17.3. The summed E-state index contributed by atoms with van der Waals surface area (Å²) in [4.78, 5) is 29.3. The van der Waals surface area contributed by atoms with Gasteiger partial charge in [-0.15, -0.1) is 0 Å². The number of amides is 2. The molecule has 0 aliphatic carbocycles. The predicted molar refractivity (Wildman–Crippen MR) is 88.3 cm³/mol. The van der Waals surface area contributed by atoms with E-state index in [0.29, 0.717) is 19.5 Å². The first kappa shape index (κ1) is 20.1. The van der Waals surface area contributed by atoms with Crippen LogP contribution in [0.25, 0.3) is 0 Å². The van der Waals surface area contributed by atoms with E-state index in [0.717, 1.165) is 12.3 Å². The molecule has 1 saturated heterocycles. The number of halogens is 4. The average Bonchev–Trinajstić information content (AvgIpc) is 2.99. The summed E-state index contributed by atoms with van der Waals surface area (Å²) in [5.41, 5.74) is -0.921. The van der Waals surface area contributed by atoms with Crippen LogP contribution in [-0.2, 0) is 11.0 Å². The maximum atomic E-state index is 12.7. The summed E-state index contributed by atoms with van der Waals surface area (Å²) >= 11 is 5.93. The van der Waals surface area contributed by atoms with Gasteiger partial charge in [-0.2, -0.15) is 13.2 Å². The fourth-order valence-electron chi connectivity index (χ4n) is 2.54. The van der Waals surface area contributed by atoms with Crippen LogP contribution >= 0.6 is 11.6 Å². The van der Waals surface area contributed by atoms with Crippen molar-refractivity contribution >= 4 is 29.4 Å². The Morgan fingerprint density at radius 2 is 2.19 bits per heavy atom. The number of aromatic nitrogens is 1. The Hall–Kier alpha value is -2.23. The minimum atomic E-state index is -4.52. The quantitative estimate of drug-likeness (QED) is 0.801. The van der Waals surface area contributed by atoms with Crippen LogP contribution in [0.5, 0.6) is 0 Å². The fraction of sp³-hybridized carbons (Fsp3) is 0.533. The van der Waals surface area contributed by atoms with Crippen molar-refractivity contribution in [1.82, 2.24) is 15.2 Å². The summed E-state index contributed by atoms with van der Waals surface area (Å²) in [5, 5.41) is 11.3. The highest BCUT2D eigenvalue weighted by atomic mass is 35.5. The zero-order chi connectivity index (χ0) is 19.5. The van der Waals surface area contributed by atoms with Crippen LogP contribution < -0.4 is 10.2 Å². The molecule has 0 saturated carbocycles. The molecule has 1 aliphatic rings. The zero-order valence-corrected chi connectivity index (χ0v) is 14.6. The van der Waals surface area contributed by atoms with E-state index in [1.54, 1.807) is 4.90 Å². The molecule has 1 aromatic rings. The van der Waals surface area contributed by atoms with Crippen LogP contribution in [0, 0.1) is 0 Å². The lowest BCUT2D eigenvalue weighted by Crippen LogP contribution is -2.44. The Balaban J connectivity index is 1.94. The molecule has 2 rings (SSSR count). The van der Waals surface area contributed by atoms with Gasteiger partial charge in [-0.05, 0) is 12.5 Å². The minimum absolute atomic E-state index is 0.0733. The van der Waals surface area contributed by atoms with Crippen molar-refractivity contribution in [2.24, 2.45) is 0 Å². The molecule has 1 unspecified atom stereocenters. The molecule has 1 atom stereocenters. The molecule has 0 spiro atoms. The van der Waals surface area contributed by atoms with E-state index < -0.39 is 23.7 Å². The van der Waals surface area contributed by atoms with Gasteiger partial charge in [-0.1, -0.05) is 11.6 Å². The summed E-state index contributed by atoms with van der Waals surface area (Å²) < 4.78 is 38.0. The fourth-order valence-corrected chi connectivity index (χ4v) is 2.82. The number of rotatable bonds is 5. The Morgan fingerprint density at radius 1 is 1.50 bits per heavy atom. The number of hydrogen-bond acceptors (Lipinski definition) is 4. The number of carboxylic acids is 1. The van der Waals surface area contributed by atoms with Gasteiger partial charge in [-0.25, -0.2) is 9.78 Å². The van der Waals surface area contributed by atoms with Crippen molar-refractivity contribution in [3.05, 3.63) is 22.8 Å². The smallest absolute Gasteiger partial charge is 0.417 e. The lowest BCUT2D eigenvalue weighted by Gasteiger charge is -2.22. The number of hydrogen-bond donors (Lipinski definition) is 2. The van der Waals surface area contributed by atoms with Gasteiger partial charge in [0.2, 0.25) is 0 Å². The molecule has 0 aromatic carbocycles. The molecule has 0 bridgehead atoms. The van der Waals surface area contributed by atoms with E-state index in [-0.39, 0.29) is 29.8 Å². The van der Waals surface area contributed by atoms with E-state index in [4.69, 9.17) is 16.7 Å². The highest BCUT2D eigenvalue weighted by Crippen LogP contribution is 2.34. The molecule has 11 heteroatoms. The van der Waals surface area contributed by atoms with Crippen molar-refractivity contribution in [3.8, 4) is 0 Å². The summed E-state index contributed by atoms with van der Waals surface area (Å²) in [6.45, 7) is 0.891. The van der Waals surface area contributed by atoms with E-state index >= 15 is 0 Å². The molecule has 26 heavy (non-hydrogen) atoms. The SMILES string of the molecule is CN(CCC(=O)O)C(=O)NC1CCN(c2ncc(C(F)(F)F)cc2Cl)C1. The van der Waals surface area contributed by atoms with E-state index in [1.807, 2.05) is 0 Å². The summed E-state index contributed by atoms with van der Waals surface area (Å²) in [6.07, 6.45) is -3.38. The topological polar surface area (TPSA) is 85.8 Å². The molecule has 1 aliphatic heterocycles. The molecule has 2 N–H and O–H groups in total. The van der Waals surface area contributed by atoms with Crippen molar-refractivity contribution in [2.45, 2.75) is 25.1 Å². The van der Waals surface area contributed by atoms with Crippen LogP contribution in [0.4, 0.5) is 23.8 Å². The molecule has 7 nitrogen and oxygen atoms in total. The van der Waals surface area contributed by atoms with Crippen molar-refractivity contribution in [2.75, 3.05) is 31.6 Å². The second-order valence-electron chi connectivity index (χ2n) is 5.97. The van der Waals surface area contributed by atoms with Crippen molar-refractivity contribution in [3.63, 3.8) is 0 Å². The number of anilines is 1. The average molecular weight is 395 g/mol. The molecule has 144 valence electrons. The van der Waals surface area contributed by atoms with Gasteiger partial charge in [0.25, 0.3) is 0 Å². The van der Waals surface area contributed by atoms with Crippen molar-refractivity contribution < 1.29 is 27.9 Å². The number of aliphatic carboxylic acids is 1. The molecular weight excluding hydrogens is 377 g/mol. The van der Waals surface area contributed by atoms with Crippen LogP contribution in [0.1, 0.15) is 18.4 Å². The first-order chi connectivity index (χ1) is 12.1. The molecule has 0 radical (unpaired) electrons. The Bertz CT molecular complexity index is 687. The number of pyridine rings is 1. The highest BCUT2D eigenvalue weighted by Gasteiger charge is 2.33. The van der Waals surface area contributed by atoms with Gasteiger partial charge in [0, 0.05) is 38.9 Å².